The number of methoxy groups -OCH3 is 1. The summed E-state index contributed by atoms with van der Waals surface area (Å²) < 4.78 is 34.2. The molecule has 1 aromatic rings. The fourth-order valence-electron chi connectivity index (χ4n) is 2.02. The lowest BCUT2D eigenvalue weighted by Crippen LogP contribution is -2.19. The normalized spacial score (nSPS) is 15.4. The quantitative estimate of drug-likeness (QED) is 0.811. The van der Waals surface area contributed by atoms with E-state index in [9.17, 15) is 8.78 Å². The lowest BCUT2D eigenvalue weighted by Gasteiger charge is -2.21. The third kappa shape index (κ3) is 2.78. The van der Waals surface area contributed by atoms with Gasteiger partial charge in [-0.25, -0.2) is 0 Å². The zero-order valence-electron chi connectivity index (χ0n) is 9.66. The van der Waals surface area contributed by atoms with Crippen LogP contribution in [-0.2, 0) is 0 Å². The molecule has 1 aliphatic rings. The van der Waals surface area contributed by atoms with Gasteiger partial charge in [-0.3, -0.25) is 0 Å². The summed E-state index contributed by atoms with van der Waals surface area (Å²) in [6.45, 7) is -1.07. The van der Waals surface area contributed by atoms with Gasteiger partial charge in [0, 0.05) is 19.2 Å². The Hall–Kier alpha value is -1.52. The average molecular weight is 243 g/mol. The van der Waals surface area contributed by atoms with E-state index in [0.29, 0.717) is 11.4 Å². The first-order valence-electron chi connectivity index (χ1n) is 5.58. The second-order valence-electron chi connectivity index (χ2n) is 3.91. The summed E-state index contributed by atoms with van der Waals surface area (Å²) in [5, 5.41) is 0. The van der Waals surface area contributed by atoms with Gasteiger partial charge in [-0.05, 0) is 25.0 Å². The van der Waals surface area contributed by atoms with Crippen molar-refractivity contribution in [3.05, 3.63) is 18.2 Å². The maximum atomic E-state index is 12.3. The van der Waals surface area contributed by atoms with Crippen LogP contribution < -0.4 is 14.4 Å². The highest BCUT2D eigenvalue weighted by Gasteiger charge is 2.19. The zero-order valence-corrected chi connectivity index (χ0v) is 9.66. The van der Waals surface area contributed by atoms with Crippen molar-refractivity contribution >= 4 is 5.69 Å². The van der Waals surface area contributed by atoms with Gasteiger partial charge in [-0.1, -0.05) is 0 Å². The summed E-state index contributed by atoms with van der Waals surface area (Å²) in [4.78, 5) is 2.04. The molecule has 5 heteroatoms. The number of rotatable bonds is 4. The molecule has 1 fully saturated rings. The number of hydrogen-bond acceptors (Lipinski definition) is 3. The highest BCUT2D eigenvalue weighted by molar-refractivity contribution is 5.62. The van der Waals surface area contributed by atoms with E-state index >= 15 is 0 Å². The summed E-state index contributed by atoms with van der Waals surface area (Å²) in [5.74, 6) is 0.858. The Labute approximate surface area is 98.9 Å². The van der Waals surface area contributed by atoms with E-state index in [1.165, 1.54) is 6.07 Å². The Bertz CT molecular complexity index is 379. The van der Waals surface area contributed by atoms with Crippen LogP contribution in [0.1, 0.15) is 12.8 Å². The standard InChI is InChI=1S/C12H15F2NO2/c1-16-9-4-5-11(17-12(13)14)10(8-9)15-6-2-3-7-15/h4-5,8,12H,2-3,6-7H2,1H3. The van der Waals surface area contributed by atoms with Gasteiger partial charge in [0.1, 0.15) is 11.5 Å². The van der Waals surface area contributed by atoms with Gasteiger partial charge in [0.2, 0.25) is 0 Å². The SMILES string of the molecule is COc1ccc(OC(F)F)c(N2CCCC2)c1. The second-order valence-corrected chi connectivity index (χ2v) is 3.91. The smallest absolute Gasteiger partial charge is 0.387 e. The molecule has 0 N–H and O–H groups in total. The molecule has 0 amide bonds. The van der Waals surface area contributed by atoms with Crippen LogP contribution in [0, 0.1) is 0 Å². The summed E-state index contributed by atoms with van der Waals surface area (Å²) in [7, 11) is 1.55. The first-order valence-corrected chi connectivity index (χ1v) is 5.58. The number of benzene rings is 1. The molecule has 0 bridgehead atoms. The largest absolute Gasteiger partial charge is 0.497 e. The van der Waals surface area contributed by atoms with Crippen LogP contribution in [0.2, 0.25) is 0 Å². The third-order valence-electron chi connectivity index (χ3n) is 2.83. The predicted octanol–water partition coefficient (Wildman–Crippen LogP) is 2.90. The van der Waals surface area contributed by atoms with E-state index in [4.69, 9.17) is 4.74 Å². The van der Waals surface area contributed by atoms with E-state index in [1.807, 2.05) is 4.90 Å². The van der Waals surface area contributed by atoms with E-state index < -0.39 is 6.61 Å². The number of anilines is 1. The Morgan fingerprint density at radius 3 is 2.53 bits per heavy atom. The number of nitrogens with zero attached hydrogens (tertiary/aromatic N) is 1. The van der Waals surface area contributed by atoms with Gasteiger partial charge in [0.05, 0.1) is 12.8 Å². The molecule has 0 unspecified atom stereocenters. The van der Waals surface area contributed by atoms with Gasteiger partial charge in [-0.15, -0.1) is 0 Å². The van der Waals surface area contributed by atoms with Gasteiger partial charge in [-0.2, -0.15) is 8.78 Å². The zero-order chi connectivity index (χ0) is 12.3. The molecular formula is C12H15F2NO2. The molecule has 1 heterocycles. The van der Waals surface area contributed by atoms with Gasteiger partial charge in [0.25, 0.3) is 0 Å². The molecule has 0 radical (unpaired) electrons. The van der Waals surface area contributed by atoms with Crippen LogP contribution in [0.15, 0.2) is 18.2 Å². The average Bonchev–Trinajstić information content (AvgIpc) is 2.82. The van der Waals surface area contributed by atoms with Crippen molar-refractivity contribution in [2.24, 2.45) is 0 Å². The number of hydrogen-bond donors (Lipinski definition) is 0. The van der Waals surface area contributed by atoms with Crippen LogP contribution in [0.4, 0.5) is 14.5 Å². The van der Waals surface area contributed by atoms with Crippen LogP contribution >= 0.6 is 0 Å². The maximum Gasteiger partial charge on any atom is 0.387 e. The molecule has 3 nitrogen and oxygen atoms in total. The minimum Gasteiger partial charge on any atom is -0.497 e. The third-order valence-corrected chi connectivity index (χ3v) is 2.83. The second kappa shape index (κ2) is 5.21. The van der Waals surface area contributed by atoms with Crippen LogP contribution in [0.5, 0.6) is 11.5 Å². The Morgan fingerprint density at radius 1 is 1.24 bits per heavy atom. The fraction of sp³-hybridized carbons (Fsp3) is 0.500. The van der Waals surface area contributed by atoms with Crippen molar-refractivity contribution in [1.82, 2.24) is 0 Å². The summed E-state index contributed by atoms with van der Waals surface area (Å²) in [6, 6.07) is 4.89. The Balaban J connectivity index is 2.29. The molecule has 0 saturated carbocycles. The van der Waals surface area contributed by atoms with Crippen LogP contribution in [-0.4, -0.2) is 26.8 Å². The molecule has 17 heavy (non-hydrogen) atoms. The monoisotopic (exact) mass is 243 g/mol. The minimum atomic E-state index is -2.80. The molecule has 2 rings (SSSR count). The predicted molar refractivity (Wildman–Crippen MR) is 61.1 cm³/mol. The van der Waals surface area contributed by atoms with E-state index in [1.54, 1.807) is 19.2 Å². The molecule has 1 saturated heterocycles. The topological polar surface area (TPSA) is 21.7 Å². The number of alkyl halides is 2. The van der Waals surface area contributed by atoms with Crippen molar-refractivity contribution in [2.45, 2.75) is 19.5 Å². The molecule has 1 aliphatic heterocycles. The van der Waals surface area contributed by atoms with E-state index in [-0.39, 0.29) is 5.75 Å². The van der Waals surface area contributed by atoms with Crippen molar-refractivity contribution in [1.29, 1.82) is 0 Å². The summed E-state index contributed by atoms with van der Waals surface area (Å²) >= 11 is 0. The lowest BCUT2D eigenvalue weighted by molar-refractivity contribution is -0.0495. The van der Waals surface area contributed by atoms with E-state index in [2.05, 4.69) is 4.74 Å². The van der Waals surface area contributed by atoms with E-state index in [0.717, 1.165) is 25.9 Å². The van der Waals surface area contributed by atoms with Gasteiger partial charge < -0.3 is 14.4 Å². The molecule has 0 atom stereocenters. The first kappa shape index (κ1) is 12.0. The van der Waals surface area contributed by atoms with Crippen molar-refractivity contribution in [3.8, 4) is 11.5 Å². The molecular weight excluding hydrogens is 228 g/mol. The first-order chi connectivity index (χ1) is 8.20. The Morgan fingerprint density at radius 2 is 1.94 bits per heavy atom. The molecule has 0 aromatic heterocycles. The van der Waals surface area contributed by atoms with Crippen LogP contribution in [0.25, 0.3) is 0 Å². The van der Waals surface area contributed by atoms with Gasteiger partial charge >= 0.3 is 6.61 Å². The Kier molecular flexibility index (Phi) is 3.66. The summed E-state index contributed by atoms with van der Waals surface area (Å²) in [6.07, 6.45) is 2.15. The van der Waals surface area contributed by atoms with Crippen molar-refractivity contribution in [3.63, 3.8) is 0 Å². The number of halogens is 2. The highest BCUT2D eigenvalue weighted by Crippen LogP contribution is 2.35. The van der Waals surface area contributed by atoms with Crippen molar-refractivity contribution < 1.29 is 18.3 Å². The molecule has 0 spiro atoms. The minimum absolute atomic E-state index is 0.211. The fourth-order valence-corrected chi connectivity index (χ4v) is 2.02. The lowest BCUT2D eigenvalue weighted by atomic mass is 10.2. The number of ether oxygens (including phenoxy) is 2. The van der Waals surface area contributed by atoms with Gasteiger partial charge in [0.15, 0.2) is 0 Å². The maximum absolute atomic E-state index is 12.3. The molecule has 94 valence electrons. The highest BCUT2D eigenvalue weighted by atomic mass is 19.3. The van der Waals surface area contributed by atoms with Crippen molar-refractivity contribution in [2.75, 3.05) is 25.1 Å². The molecule has 1 aromatic carbocycles. The summed E-state index contributed by atoms with van der Waals surface area (Å²) in [5.41, 5.74) is 0.683. The molecule has 0 aliphatic carbocycles. The van der Waals surface area contributed by atoms with Crippen LogP contribution in [0.3, 0.4) is 0 Å².